The van der Waals surface area contributed by atoms with Crippen LogP contribution in [0.1, 0.15) is 47.7 Å². The minimum atomic E-state index is -0.756. The lowest BCUT2D eigenvalue weighted by atomic mass is 9.88. The number of carbonyl (C=O) groups excluding carboxylic acids is 1. The van der Waals surface area contributed by atoms with Gasteiger partial charge in [0.25, 0.3) is 5.91 Å². The van der Waals surface area contributed by atoms with Crippen molar-refractivity contribution in [1.82, 2.24) is 5.32 Å². The quantitative estimate of drug-likeness (QED) is 0.773. The van der Waals surface area contributed by atoms with Crippen molar-refractivity contribution < 1.29 is 14.7 Å². The second-order valence-electron chi connectivity index (χ2n) is 5.39. The highest BCUT2D eigenvalue weighted by Crippen LogP contribution is 2.21. The first-order valence-corrected chi connectivity index (χ1v) is 7.78. The summed E-state index contributed by atoms with van der Waals surface area (Å²) in [5, 5.41) is 11.6. The number of amides is 1. The van der Waals surface area contributed by atoms with Gasteiger partial charge in [-0.2, -0.15) is 0 Å². The van der Waals surface area contributed by atoms with E-state index in [1.165, 1.54) is 11.3 Å². The Morgan fingerprint density at radius 2 is 2.00 bits per heavy atom. The number of aliphatic carboxylic acids is 1. The van der Waals surface area contributed by atoms with Crippen molar-refractivity contribution >= 4 is 23.2 Å². The van der Waals surface area contributed by atoms with Gasteiger partial charge in [-0.3, -0.25) is 9.59 Å². The summed E-state index contributed by atoms with van der Waals surface area (Å²) >= 11 is 1.49. The molecular formula is C15H23NO3S. The molecule has 1 aromatic rings. The Morgan fingerprint density at radius 1 is 1.30 bits per heavy atom. The van der Waals surface area contributed by atoms with Crippen LogP contribution in [0.4, 0.5) is 0 Å². The number of hydrogen-bond acceptors (Lipinski definition) is 3. The third-order valence-electron chi connectivity index (χ3n) is 3.44. The van der Waals surface area contributed by atoms with Crippen LogP contribution in [0, 0.1) is 18.8 Å². The zero-order chi connectivity index (χ0) is 15.1. The van der Waals surface area contributed by atoms with Crippen molar-refractivity contribution in [3.05, 3.63) is 21.9 Å². The lowest BCUT2D eigenvalue weighted by Crippen LogP contribution is -2.26. The van der Waals surface area contributed by atoms with E-state index < -0.39 is 5.97 Å². The summed E-state index contributed by atoms with van der Waals surface area (Å²) in [6.07, 6.45) is 1.68. The molecule has 1 rings (SSSR count). The van der Waals surface area contributed by atoms with Crippen LogP contribution >= 0.6 is 11.3 Å². The van der Waals surface area contributed by atoms with E-state index in [9.17, 15) is 9.59 Å². The Bertz CT molecular complexity index is 454. The molecule has 1 atom stereocenters. The van der Waals surface area contributed by atoms with Crippen LogP contribution in [0.2, 0.25) is 0 Å². The molecular weight excluding hydrogens is 274 g/mol. The number of carbonyl (C=O) groups is 2. The van der Waals surface area contributed by atoms with Gasteiger partial charge >= 0.3 is 5.97 Å². The highest BCUT2D eigenvalue weighted by Gasteiger charge is 2.15. The van der Waals surface area contributed by atoms with Gasteiger partial charge in [0.15, 0.2) is 0 Å². The summed E-state index contributed by atoms with van der Waals surface area (Å²) in [6.45, 7) is 6.76. The number of aryl methyl sites for hydroxylation is 1. The zero-order valence-electron chi connectivity index (χ0n) is 12.3. The molecule has 0 spiro atoms. The van der Waals surface area contributed by atoms with E-state index in [0.29, 0.717) is 24.8 Å². The Hall–Kier alpha value is -1.36. The maximum atomic E-state index is 11.9. The number of thiophene rings is 1. The topological polar surface area (TPSA) is 66.4 Å². The van der Waals surface area contributed by atoms with E-state index >= 15 is 0 Å². The van der Waals surface area contributed by atoms with Crippen LogP contribution in [-0.2, 0) is 4.79 Å². The normalized spacial score (nSPS) is 12.4. The van der Waals surface area contributed by atoms with E-state index in [4.69, 9.17) is 5.11 Å². The molecule has 112 valence electrons. The van der Waals surface area contributed by atoms with Crippen molar-refractivity contribution in [3.63, 3.8) is 0 Å². The maximum absolute atomic E-state index is 11.9. The number of carboxylic acids is 1. The Balaban J connectivity index is 2.36. The molecule has 0 saturated heterocycles. The van der Waals surface area contributed by atoms with Crippen molar-refractivity contribution in [3.8, 4) is 0 Å². The summed E-state index contributed by atoms with van der Waals surface area (Å²) in [5.41, 5.74) is 0. The Kier molecular flexibility index (Phi) is 6.71. The van der Waals surface area contributed by atoms with Crippen LogP contribution in [0.15, 0.2) is 12.1 Å². The second-order valence-corrected chi connectivity index (χ2v) is 6.68. The molecule has 0 aliphatic heterocycles. The molecule has 0 aliphatic carbocycles. The van der Waals surface area contributed by atoms with E-state index in [0.717, 1.165) is 16.2 Å². The van der Waals surface area contributed by atoms with Gasteiger partial charge in [-0.1, -0.05) is 13.8 Å². The first-order chi connectivity index (χ1) is 9.40. The van der Waals surface area contributed by atoms with Crippen LogP contribution in [0.25, 0.3) is 0 Å². The maximum Gasteiger partial charge on any atom is 0.303 e. The average Bonchev–Trinajstić information content (AvgIpc) is 2.79. The molecule has 1 amide bonds. The number of rotatable bonds is 8. The molecule has 0 saturated carbocycles. The molecule has 1 unspecified atom stereocenters. The first kappa shape index (κ1) is 16.7. The smallest absolute Gasteiger partial charge is 0.303 e. The van der Waals surface area contributed by atoms with Crippen molar-refractivity contribution in [2.75, 3.05) is 6.54 Å². The van der Waals surface area contributed by atoms with Gasteiger partial charge < -0.3 is 10.4 Å². The van der Waals surface area contributed by atoms with Crippen LogP contribution in [-0.4, -0.2) is 23.5 Å². The fourth-order valence-electron chi connectivity index (χ4n) is 2.13. The van der Waals surface area contributed by atoms with Gasteiger partial charge in [-0.05, 0) is 43.7 Å². The lowest BCUT2D eigenvalue weighted by Gasteiger charge is -2.20. The van der Waals surface area contributed by atoms with Gasteiger partial charge in [0, 0.05) is 17.8 Å². The van der Waals surface area contributed by atoms with Gasteiger partial charge in [-0.15, -0.1) is 11.3 Å². The highest BCUT2D eigenvalue weighted by molar-refractivity contribution is 7.13. The fraction of sp³-hybridized carbons (Fsp3) is 0.600. The zero-order valence-corrected chi connectivity index (χ0v) is 13.1. The van der Waals surface area contributed by atoms with Gasteiger partial charge in [0.1, 0.15) is 0 Å². The minimum absolute atomic E-state index is 0.0381. The molecule has 2 N–H and O–H groups in total. The van der Waals surface area contributed by atoms with E-state index in [2.05, 4.69) is 19.2 Å². The van der Waals surface area contributed by atoms with Crippen LogP contribution in [0.5, 0.6) is 0 Å². The molecule has 4 nitrogen and oxygen atoms in total. The molecule has 0 aliphatic rings. The van der Waals surface area contributed by atoms with Gasteiger partial charge in [0.2, 0.25) is 0 Å². The van der Waals surface area contributed by atoms with Gasteiger partial charge in [0.05, 0.1) is 4.88 Å². The monoisotopic (exact) mass is 297 g/mol. The standard InChI is InChI=1S/C15H23NO3S/c1-10(2)12(5-7-14(17)18)8-9-16-15(19)13-6-4-11(3)20-13/h4,6,10,12H,5,7-9H2,1-3H3,(H,16,19)(H,17,18). The van der Waals surface area contributed by atoms with Crippen molar-refractivity contribution in [2.24, 2.45) is 11.8 Å². The van der Waals surface area contributed by atoms with Crippen LogP contribution in [0.3, 0.4) is 0 Å². The second kappa shape index (κ2) is 8.04. The van der Waals surface area contributed by atoms with Gasteiger partial charge in [-0.25, -0.2) is 0 Å². The number of carboxylic acid groups (broad SMARTS) is 1. The molecule has 0 aromatic carbocycles. The van der Waals surface area contributed by atoms with E-state index in [1.807, 2.05) is 19.1 Å². The number of hydrogen-bond donors (Lipinski definition) is 2. The highest BCUT2D eigenvalue weighted by atomic mass is 32.1. The largest absolute Gasteiger partial charge is 0.481 e. The molecule has 20 heavy (non-hydrogen) atoms. The third-order valence-corrected chi connectivity index (χ3v) is 4.44. The molecule has 5 heteroatoms. The molecule has 0 radical (unpaired) electrons. The summed E-state index contributed by atoms with van der Waals surface area (Å²) in [6, 6.07) is 3.77. The predicted molar refractivity (Wildman–Crippen MR) is 81.2 cm³/mol. The molecule has 1 aromatic heterocycles. The average molecular weight is 297 g/mol. The summed E-state index contributed by atoms with van der Waals surface area (Å²) in [5.74, 6) is -0.0377. The summed E-state index contributed by atoms with van der Waals surface area (Å²) in [4.78, 5) is 24.4. The molecule has 0 bridgehead atoms. The summed E-state index contributed by atoms with van der Waals surface area (Å²) in [7, 11) is 0. The Labute approximate surface area is 124 Å². The SMILES string of the molecule is Cc1ccc(C(=O)NCCC(CCC(=O)O)C(C)C)s1. The van der Waals surface area contributed by atoms with E-state index in [-0.39, 0.29) is 12.3 Å². The van der Waals surface area contributed by atoms with E-state index in [1.54, 1.807) is 0 Å². The molecule has 0 fully saturated rings. The number of nitrogens with one attached hydrogen (secondary N) is 1. The predicted octanol–water partition coefficient (Wildman–Crippen LogP) is 3.31. The fourth-order valence-corrected chi connectivity index (χ4v) is 2.92. The molecule has 1 heterocycles. The lowest BCUT2D eigenvalue weighted by molar-refractivity contribution is -0.137. The van der Waals surface area contributed by atoms with Crippen molar-refractivity contribution in [1.29, 1.82) is 0 Å². The third kappa shape index (κ3) is 5.74. The van der Waals surface area contributed by atoms with Crippen molar-refractivity contribution in [2.45, 2.75) is 40.0 Å². The minimum Gasteiger partial charge on any atom is -0.481 e. The Morgan fingerprint density at radius 3 is 2.50 bits per heavy atom. The first-order valence-electron chi connectivity index (χ1n) is 6.96. The summed E-state index contributed by atoms with van der Waals surface area (Å²) < 4.78 is 0. The van der Waals surface area contributed by atoms with Crippen LogP contribution < -0.4 is 5.32 Å².